The van der Waals surface area contributed by atoms with Crippen LogP contribution >= 0.6 is 0 Å². The first-order chi connectivity index (χ1) is 14.3. The van der Waals surface area contributed by atoms with Crippen molar-refractivity contribution in [1.82, 2.24) is 10.6 Å². The number of rotatable bonds is 4. The van der Waals surface area contributed by atoms with E-state index in [2.05, 4.69) is 10.6 Å². The van der Waals surface area contributed by atoms with Crippen LogP contribution in [0.3, 0.4) is 0 Å². The van der Waals surface area contributed by atoms with Crippen LogP contribution in [0.25, 0.3) is 0 Å². The third-order valence-electron chi connectivity index (χ3n) is 4.65. The second kappa shape index (κ2) is 9.94. The van der Waals surface area contributed by atoms with Gasteiger partial charge in [-0.05, 0) is 36.1 Å². The van der Waals surface area contributed by atoms with E-state index in [1.165, 1.54) is 26.0 Å². The van der Waals surface area contributed by atoms with Gasteiger partial charge < -0.3 is 20.8 Å². The van der Waals surface area contributed by atoms with Crippen LogP contribution in [0.2, 0.25) is 0 Å². The van der Waals surface area contributed by atoms with E-state index in [4.69, 9.17) is 0 Å². The molecule has 1 fully saturated rings. The molecule has 0 spiro atoms. The van der Waals surface area contributed by atoms with Crippen LogP contribution in [0.15, 0.2) is 34.1 Å². The Balaban J connectivity index is 0.000000488. The zero-order chi connectivity index (χ0) is 23.4. The van der Waals surface area contributed by atoms with Gasteiger partial charge in [-0.2, -0.15) is 16.8 Å². The zero-order valence-corrected chi connectivity index (χ0v) is 18.7. The number of nitrogens with one attached hydrogen (secondary N) is 2. The van der Waals surface area contributed by atoms with Gasteiger partial charge in [-0.15, -0.1) is 0 Å². The summed E-state index contributed by atoms with van der Waals surface area (Å²) in [7, 11) is -9.36. The second-order valence-electron chi connectivity index (χ2n) is 7.12. The summed E-state index contributed by atoms with van der Waals surface area (Å²) in [6.07, 6.45) is -0.285. The van der Waals surface area contributed by atoms with Crippen molar-refractivity contribution in [3.8, 4) is 11.5 Å². The molecule has 1 aliphatic heterocycles. The fourth-order valence-electron chi connectivity index (χ4n) is 3.04. The molecule has 2 aromatic carbocycles. The Morgan fingerprint density at radius 1 is 0.710 bits per heavy atom. The number of aromatic hydroxyl groups is 2. The van der Waals surface area contributed by atoms with Gasteiger partial charge in [0.2, 0.25) is 0 Å². The zero-order valence-electron chi connectivity index (χ0n) is 17.1. The number of aryl methyl sites for hydroxylation is 2. The monoisotopic (exact) mass is 474 g/mol. The fraction of sp³-hybridized carbons (Fsp3) is 0.368. The molecule has 2 aromatic rings. The number of hydrogen-bond donors (Lipinski definition) is 6. The van der Waals surface area contributed by atoms with Gasteiger partial charge in [0.25, 0.3) is 20.2 Å². The van der Waals surface area contributed by atoms with Crippen LogP contribution in [0.1, 0.15) is 22.3 Å². The van der Waals surface area contributed by atoms with Gasteiger partial charge in [-0.25, -0.2) is 0 Å². The minimum Gasteiger partial charge on any atom is -0.508 e. The summed E-state index contributed by atoms with van der Waals surface area (Å²) in [6, 6.07) is 4.30. The van der Waals surface area contributed by atoms with Crippen molar-refractivity contribution in [2.75, 3.05) is 26.2 Å². The van der Waals surface area contributed by atoms with Gasteiger partial charge >= 0.3 is 0 Å². The van der Waals surface area contributed by atoms with Crippen LogP contribution in [0.4, 0.5) is 0 Å². The third kappa shape index (κ3) is 6.89. The predicted molar refractivity (Wildman–Crippen MR) is 114 cm³/mol. The number of piperazine rings is 1. The minimum atomic E-state index is -4.68. The van der Waals surface area contributed by atoms with Crippen molar-refractivity contribution in [1.29, 1.82) is 0 Å². The van der Waals surface area contributed by atoms with Crippen LogP contribution in [-0.2, 0) is 26.7 Å². The van der Waals surface area contributed by atoms with E-state index in [0.29, 0.717) is 11.1 Å². The first-order valence-electron chi connectivity index (χ1n) is 9.32. The Kier molecular flexibility index (Phi) is 8.03. The fourth-order valence-corrected chi connectivity index (χ4v) is 4.49. The molecule has 3 rings (SSSR count). The van der Waals surface area contributed by atoms with E-state index in [-0.39, 0.29) is 29.0 Å². The molecule has 0 radical (unpaired) electrons. The molecule has 0 aromatic heterocycles. The van der Waals surface area contributed by atoms with Gasteiger partial charge in [-0.1, -0.05) is 12.1 Å². The smallest absolute Gasteiger partial charge is 0.294 e. The van der Waals surface area contributed by atoms with E-state index in [1.807, 2.05) is 0 Å². The van der Waals surface area contributed by atoms with Crippen molar-refractivity contribution >= 4 is 20.2 Å². The van der Waals surface area contributed by atoms with Crippen LogP contribution < -0.4 is 10.6 Å². The number of hydrogen-bond acceptors (Lipinski definition) is 8. The lowest BCUT2D eigenvalue weighted by Crippen LogP contribution is -2.39. The molecule has 1 aliphatic rings. The summed E-state index contributed by atoms with van der Waals surface area (Å²) in [4.78, 5) is -1.16. The van der Waals surface area contributed by atoms with E-state index >= 15 is 0 Å². The third-order valence-corrected chi connectivity index (χ3v) is 6.52. The van der Waals surface area contributed by atoms with Crippen molar-refractivity contribution < 1.29 is 36.2 Å². The largest absolute Gasteiger partial charge is 0.508 e. The maximum absolute atomic E-state index is 11.5. The van der Waals surface area contributed by atoms with E-state index < -0.39 is 30.0 Å². The molecule has 6 N–H and O–H groups in total. The molecule has 0 aliphatic carbocycles. The van der Waals surface area contributed by atoms with E-state index in [0.717, 1.165) is 38.3 Å². The molecule has 31 heavy (non-hydrogen) atoms. The maximum Gasteiger partial charge on any atom is 0.294 e. The number of phenolic OH excluding ortho intramolecular Hbond substituents is 2. The van der Waals surface area contributed by atoms with Crippen LogP contribution in [-0.4, -0.2) is 62.3 Å². The van der Waals surface area contributed by atoms with Gasteiger partial charge in [0.1, 0.15) is 21.3 Å². The number of phenols is 2. The second-order valence-corrected chi connectivity index (χ2v) is 9.90. The summed E-state index contributed by atoms with van der Waals surface area (Å²) in [6.45, 7) is 7.55. The van der Waals surface area contributed by atoms with Crippen molar-refractivity contribution in [3.63, 3.8) is 0 Å². The average Bonchev–Trinajstić information content (AvgIpc) is 2.67. The summed E-state index contributed by atoms with van der Waals surface area (Å²) in [5, 5.41) is 25.8. The lowest BCUT2D eigenvalue weighted by molar-refractivity contribution is 0.461. The molecule has 0 amide bonds. The molecule has 0 atom stereocenters. The summed E-state index contributed by atoms with van der Waals surface area (Å²) >= 11 is 0. The van der Waals surface area contributed by atoms with Gasteiger partial charge in [0, 0.05) is 44.7 Å². The molecule has 0 bridgehead atoms. The Bertz CT molecular complexity index is 1060. The molecule has 0 unspecified atom stereocenters. The van der Waals surface area contributed by atoms with Crippen LogP contribution in [0.5, 0.6) is 11.5 Å². The highest BCUT2D eigenvalue weighted by Gasteiger charge is 2.22. The van der Waals surface area contributed by atoms with E-state index in [9.17, 15) is 36.2 Å². The Labute approximate surface area is 181 Å². The molecule has 1 saturated heterocycles. The molecule has 10 nitrogen and oxygen atoms in total. The predicted octanol–water partition coefficient (Wildman–Crippen LogP) is 0.978. The molecule has 0 saturated carbocycles. The Morgan fingerprint density at radius 2 is 1.03 bits per heavy atom. The molecular weight excluding hydrogens is 448 g/mol. The highest BCUT2D eigenvalue weighted by atomic mass is 32.2. The SMILES string of the molecule is C1CNCCN1.Cc1cc(Cc2cc(C)c(O)cc2S(=O)(=O)O)c(S(=O)(=O)O)cc1O. The number of benzene rings is 2. The van der Waals surface area contributed by atoms with Crippen molar-refractivity contribution in [2.24, 2.45) is 0 Å². The van der Waals surface area contributed by atoms with Crippen molar-refractivity contribution in [2.45, 2.75) is 30.1 Å². The Morgan fingerprint density at radius 3 is 1.29 bits per heavy atom. The highest BCUT2D eigenvalue weighted by Crippen LogP contribution is 2.31. The molecular formula is C19H26N2O8S2. The lowest BCUT2D eigenvalue weighted by Gasteiger charge is -2.13. The average molecular weight is 475 g/mol. The maximum atomic E-state index is 11.5. The van der Waals surface area contributed by atoms with Crippen LogP contribution in [0, 0.1) is 13.8 Å². The lowest BCUT2D eigenvalue weighted by atomic mass is 10.0. The van der Waals surface area contributed by atoms with Gasteiger partial charge in [0.05, 0.1) is 0 Å². The van der Waals surface area contributed by atoms with E-state index in [1.54, 1.807) is 0 Å². The minimum absolute atomic E-state index is 0.0211. The summed E-state index contributed by atoms with van der Waals surface area (Å²) in [5.74, 6) is -0.707. The standard InChI is InChI=1S/C15H16O8S2.C4H10N2/c1-8-3-10(14(6-12(8)16)24(18,19)20)5-11-4-9(2)13(17)7-15(11)25(21,22)23;1-2-6-4-3-5-1/h3-4,6-7,16-17H,5H2,1-2H3,(H,18,19,20)(H,21,22,23);5-6H,1-4H2. The van der Waals surface area contributed by atoms with Gasteiger partial charge in [-0.3, -0.25) is 9.11 Å². The first-order valence-corrected chi connectivity index (χ1v) is 12.2. The molecule has 172 valence electrons. The van der Waals surface area contributed by atoms with Crippen molar-refractivity contribution in [3.05, 3.63) is 46.5 Å². The highest BCUT2D eigenvalue weighted by molar-refractivity contribution is 7.86. The summed E-state index contributed by atoms with van der Waals surface area (Å²) < 4.78 is 64.9. The quantitative estimate of drug-likeness (QED) is 0.351. The molecule has 1 heterocycles. The topological polar surface area (TPSA) is 173 Å². The Hall–Kier alpha value is -2.22. The first kappa shape index (κ1) is 25.0. The van der Waals surface area contributed by atoms with Gasteiger partial charge in [0.15, 0.2) is 0 Å². The molecule has 12 heteroatoms. The summed E-state index contributed by atoms with van der Waals surface area (Å²) in [5.41, 5.74) is 0.665. The normalized spacial score (nSPS) is 14.6.